The third-order valence-electron chi connectivity index (χ3n) is 3.31. The Kier molecular flexibility index (Phi) is 4.43. The molecule has 2 rings (SSSR count). The molecule has 0 aliphatic carbocycles. The molecule has 2 aromatic rings. The smallest absolute Gasteiger partial charge is 0.126 e. The minimum absolute atomic E-state index is 0.324. The fraction of sp³-hybridized carbons (Fsp3) is 0.250. The van der Waals surface area contributed by atoms with E-state index in [-0.39, 0.29) is 6.61 Å². The molecule has 5 heteroatoms. The van der Waals surface area contributed by atoms with Crippen LogP contribution >= 0.6 is 0 Å². The first-order chi connectivity index (χ1) is 9.96. The van der Waals surface area contributed by atoms with Gasteiger partial charge >= 0.3 is 0 Å². The van der Waals surface area contributed by atoms with Gasteiger partial charge in [0.05, 0.1) is 19.3 Å². The highest BCUT2D eigenvalue weighted by atomic mass is 19.1. The van der Waals surface area contributed by atoms with Crippen LogP contribution in [0.4, 0.5) is 14.5 Å². The van der Waals surface area contributed by atoms with Gasteiger partial charge in [-0.3, -0.25) is 0 Å². The Morgan fingerprint density at radius 2 is 1.81 bits per heavy atom. The molecule has 0 bridgehead atoms. The minimum Gasteiger partial charge on any atom is -0.497 e. The number of rotatable bonds is 5. The summed E-state index contributed by atoms with van der Waals surface area (Å²) in [7, 11) is 1.55. The number of hydrogen-bond donors (Lipinski definition) is 2. The molecule has 0 fully saturated rings. The quantitative estimate of drug-likeness (QED) is 0.889. The molecule has 21 heavy (non-hydrogen) atoms. The molecule has 0 saturated heterocycles. The third kappa shape index (κ3) is 3.49. The molecule has 2 aromatic carbocycles. The molecule has 0 spiro atoms. The summed E-state index contributed by atoms with van der Waals surface area (Å²) in [5, 5.41) is 12.8. The van der Waals surface area contributed by atoms with Crippen LogP contribution in [0.3, 0.4) is 0 Å². The van der Waals surface area contributed by atoms with E-state index in [2.05, 4.69) is 5.32 Å². The Balaban J connectivity index is 2.36. The zero-order valence-corrected chi connectivity index (χ0v) is 11.9. The van der Waals surface area contributed by atoms with Crippen molar-refractivity contribution in [1.82, 2.24) is 0 Å². The van der Waals surface area contributed by atoms with E-state index in [0.717, 1.165) is 6.07 Å². The minimum atomic E-state index is -1.02. The van der Waals surface area contributed by atoms with Crippen molar-refractivity contribution in [1.29, 1.82) is 0 Å². The Morgan fingerprint density at radius 1 is 1.14 bits per heavy atom. The Hall–Kier alpha value is -2.14. The second-order valence-corrected chi connectivity index (χ2v) is 5.01. The standard InChI is InChI=1S/C16H17F2NO2/c1-16(10-20,11-6-12(17)8-13(18)7-11)19-14-4-3-5-15(9-14)21-2/h3-9,19-20H,10H2,1-2H3. The zero-order chi connectivity index (χ0) is 15.5. The van der Waals surface area contributed by atoms with Gasteiger partial charge in [-0.25, -0.2) is 8.78 Å². The van der Waals surface area contributed by atoms with Crippen LogP contribution in [0.15, 0.2) is 42.5 Å². The van der Waals surface area contributed by atoms with Crippen LogP contribution in [0.5, 0.6) is 5.75 Å². The summed E-state index contributed by atoms with van der Waals surface area (Å²) < 4.78 is 31.9. The predicted molar refractivity (Wildman–Crippen MR) is 77.4 cm³/mol. The third-order valence-corrected chi connectivity index (χ3v) is 3.31. The zero-order valence-electron chi connectivity index (χ0n) is 11.9. The SMILES string of the molecule is COc1cccc(NC(C)(CO)c2cc(F)cc(F)c2)c1. The molecule has 0 heterocycles. The van der Waals surface area contributed by atoms with Crippen LogP contribution in [-0.2, 0) is 5.54 Å². The second-order valence-electron chi connectivity index (χ2n) is 5.01. The molecule has 0 radical (unpaired) electrons. The summed E-state index contributed by atoms with van der Waals surface area (Å²) in [6.07, 6.45) is 0. The van der Waals surface area contributed by atoms with E-state index in [1.807, 2.05) is 0 Å². The average Bonchev–Trinajstić information content (AvgIpc) is 2.46. The first kappa shape index (κ1) is 15.3. The maximum Gasteiger partial charge on any atom is 0.126 e. The van der Waals surface area contributed by atoms with Gasteiger partial charge in [0.2, 0.25) is 0 Å². The predicted octanol–water partition coefficient (Wildman–Crippen LogP) is 3.29. The number of benzene rings is 2. The highest BCUT2D eigenvalue weighted by Gasteiger charge is 2.27. The largest absolute Gasteiger partial charge is 0.497 e. The van der Waals surface area contributed by atoms with Crippen LogP contribution in [0, 0.1) is 11.6 Å². The van der Waals surface area contributed by atoms with Gasteiger partial charge in [0.15, 0.2) is 0 Å². The lowest BCUT2D eigenvalue weighted by Crippen LogP contribution is -2.36. The average molecular weight is 293 g/mol. The molecular formula is C16H17F2NO2. The molecule has 1 atom stereocenters. The summed E-state index contributed by atoms with van der Waals surface area (Å²) in [5.74, 6) is -0.722. The Bertz CT molecular complexity index is 613. The van der Waals surface area contributed by atoms with E-state index < -0.39 is 17.2 Å². The van der Waals surface area contributed by atoms with Crippen molar-refractivity contribution in [2.75, 3.05) is 19.0 Å². The van der Waals surface area contributed by atoms with E-state index in [4.69, 9.17) is 4.74 Å². The summed E-state index contributed by atoms with van der Waals surface area (Å²) in [6.45, 7) is 1.34. The van der Waals surface area contributed by atoms with E-state index in [1.54, 1.807) is 38.3 Å². The number of hydrogen-bond acceptors (Lipinski definition) is 3. The van der Waals surface area contributed by atoms with Crippen LogP contribution in [0.25, 0.3) is 0 Å². The number of methoxy groups -OCH3 is 1. The fourth-order valence-electron chi connectivity index (χ4n) is 2.09. The lowest BCUT2D eigenvalue weighted by Gasteiger charge is -2.30. The van der Waals surface area contributed by atoms with Crippen molar-refractivity contribution >= 4 is 5.69 Å². The van der Waals surface area contributed by atoms with E-state index in [9.17, 15) is 13.9 Å². The van der Waals surface area contributed by atoms with Crippen LogP contribution in [0.2, 0.25) is 0 Å². The van der Waals surface area contributed by atoms with Crippen molar-refractivity contribution in [3.05, 3.63) is 59.7 Å². The maximum absolute atomic E-state index is 13.4. The van der Waals surface area contributed by atoms with E-state index in [1.165, 1.54) is 12.1 Å². The molecule has 0 aliphatic heterocycles. The van der Waals surface area contributed by atoms with Crippen LogP contribution in [-0.4, -0.2) is 18.8 Å². The second kappa shape index (κ2) is 6.10. The van der Waals surface area contributed by atoms with Gasteiger partial charge in [-0.1, -0.05) is 6.07 Å². The van der Waals surface area contributed by atoms with Crippen molar-refractivity contribution in [2.45, 2.75) is 12.5 Å². The molecular weight excluding hydrogens is 276 g/mol. The Labute approximate surface area is 122 Å². The molecule has 0 aliphatic rings. The number of halogens is 2. The first-order valence-electron chi connectivity index (χ1n) is 6.46. The Morgan fingerprint density at radius 3 is 2.38 bits per heavy atom. The summed E-state index contributed by atoms with van der Waals surface area (Å²) in [6, 6.07) is 10.3. The van der Waals surface area contributed by atoms with Crippen molar-refractivity contribution < 1.29 is 18.6 Å². The van der Waals surface area contributed by atoms with Gasteiger partial charge in [-0.15, -0.1) is 0 Å². The number of aliphatic hydroxyl groups is 1. The molecule has 0 amide bonds. The summed E-state index contributed by atoms with van der Waals surface area (Å²) >= 11 is 0. The molecule has 0 aromatic heterocycles. The first-order valence-corrected chi connectivity index (χ1v) is 6.46. The monoisotopic (exact) mass is 293 g/mol. The molecule has 3 nitrogen and oxygen atoms in total. The highest BCUT2D eigenvalue weighted by molar-refractivity contribution is 5.51. The van der Waals surface area contributed by atoms with Gasteiger partial charge in [-0.2, -0.15) is 0 Å². The fourth-order valence-corrected chi connectivity index (χ4v) is 2.09. The van der Waals surface area contributed by atoms with E-state index >= 15 is 0 Å². The number of ether oxygens (including phenoxy) is 1. The molecule has 2 N–H and O–H groups in total. The lowest BCUT2D eigenvalue weighted by atomic mass is 9.92. The van der Waals surface area contributed by atoms with Crippen LogP contribution in [0.1, 0.15) is 12.5 Å². The maximum atomic E-state index is 13.4. The summed E-state index contributed by atoms with van der Waals surface area (Å²) in [5.41, 5.74) is -0.0177. The summed E-state index contributed by atoms with van der Waals surface area (Å²) in [4.78, 5) is 0. The van der Waals surface area contributed by atoms with Gasteiger partial charge in [-0.05, 0) is 36.8 Å². The van der Waals surface area contributed by atoms with Gasteiger partial charge < -0.3 is 15.2 Å². The normalized spacial score (nSPS) is 13.6. The number of anilines is 1. The van der Waals surface area contributed by atoms with Crippen molar-refractivity contribution in [2.24, 2.45) is 0 Å². The van der Waals surface area contributed by atoms with Gasteiger partial charge in [0.25, 0.3) is 0 Å². The molecule has 112 valence electrons. The van der Waals surface area contributed by atoms with E-state index in [0.29, 0.717) is 17.0 Å². The van der Waals surface area contributed by atoms with Gasteiger partial charge in [0.1, 0.15) is 17.4 Å². The van der Waals surface area contributed by atoms with Gasteiger partial charge in [0, 0.05) is 17.8 Å². The number of nitrogens with one attached hydrogen (secondary N) is 1. The highest BCUT2D eigenvalue weighted by Crippen LogP contribution is 2.28. The number of aliphatic hydroxyl groups excluding tert-OH is 1. The lowest BCUT2D eigenvalue weighted by molar-refractivity contribution is 0.223. The molecule has 0 saturated carbocycles. The van der Waals surface area contributed by atoms with Crippen LogP contribution < -0.4 is 10.1 Å². The van der Waals surface area contributed by atoms with Crippen molar-refractivity contribution in [3.8, 4) is 5.75 Å². The topological polar surface area (TPSA) is 41.5 Å². The van der Waals surface area contributed by atoms with Crippen molar-refractivity contribution in [3.63, 3.8) is 0 Å². The molecule has 1 unspecified atom stereocenters.